The molecule has 1 fully saturated rings. The third-order valence-electron chi connectivity index (χ3n) is 2.81. The first-order valence-electron chi connectivity index (χ1n) is 3.92. The summed E-state index contributed by atoms with van der Waals surface area (Å²) in [5.41, 5.74) is 0. The van der Waals surface area contributed by atoms with Crippen molar-refractivity contribution in [3.8, 4) is 0 Å². The van der Waals surface area contributed by atoms with Gasteiger partial charge in [0.2, 0.25) is 0 Å². The second-order valence-corrected chi connectivity index (χ2v) is 5.76. The van der Waals surface area contributed by atoms with Crippen molar-refractivity contribution in [3.05, 3.63) is 10.1 Å². The molecule has 0 aromatic carbocycles. The minimum Gasteiger partial charge on any atom is -0.113 e. The molecule has 0 aromatic rings. The van der Waals surface area contributed by atoms with Crippen molar-refractivity contribution in [2.45, 2.75) is 35.4 Å². The van der Waals surface area contributed by atoms with Crippen molar-refractivity contribution in [2.75, 3.05) is 0 Å². The molecule has 3 rings (SSSR count). The number of halogens is 4. The second-order valence-electron chi connectivity index (χ2n) is 3.56. The number of rotatable bonds is 0. The van der Waals surface area contributed by atoms with Gasteiger partial charge in [0.15, 0.2) is 0 Å². The summed E-state index contributed by atoms with van der Waals surface area (Å²) < 4.78 is 0. The fraction of sp³-hybridized carbons (Fsp3) is 0.750. The third-order valence-corrected chi connectivity index (χ3v) is 5.34. The van der Waals surface area contributed by atoms with Crippen molar-refractivity contribution >= 4 is 46.4 Å². The molecule has 0 heterocycles. The SMILES string of the molecule is ClC1=C(Cl)C2(Cl)CCC1(Cl)CC2. The Labute approximate surface area is 91.8 Å². The topological polar surface area (TPSA) is 0 Å². The van der Waals surface area contributed by atoms with E-state index in [-0.39, 0.29) is 0 Å². The van der Waals surface area contributed by atoms with E-state index < -0.39 is 9.75 Å². The van der Waals surface area contributed by atoms with Gasteiger partial charge in [0.1, 0.15) is 0 Å². The molecule has 0 spiro atoms. The van der Waals surface area contributed by atoms with Gasteiger partial charge in [-0.05, 0) is 25.7 Å². The Morgan fingerprint density at radius 3 is 1.25 bits per heavy atom. The van der Waals surface area contributed by atoms with E-state index in [4.69, 9.17) is 46.4 Å². The van der Waals surface area contributed by atoms with Crippen molar-refractivity contribution in [1.82, 2.24) is 0 Å². The lowest BCUT2D eigenvalue weighted by Gasteiger charge is -2.46. The Morgan fingerprint density at radius 1 is 0.750 bits per heavy atom. The molecule has 1 saturated carbocycles. The van der Waals surface area contributed by atoms with Crippen LogP contribution in [-0.2, 0) is 0 Å². The molecule has 2 bridgehead atoms. The molecule has 4 heteroatoms. The zero-order valence-electron chi connectivity index (χ0n) is 6.34. The first-order valence-corrected chi connectivity index (χ1v) is 5.43. The first-order chi connectivity index (χ1) is 5.48. The van der Waals surface area contributed by atoms with E-state index in [0.29, 0.717) is 10.1 Å². The Kier molecular flexibility index (Phi) is 2.12. The minimum absolute atomic E-state index is 0.407. The summed E-state index contributed by atoms with van der Waals surface area (Å²) in [5.74, 6) is 0. The molecule has 12 heavy (non-hydrogen) atoms. The van der Waals surface area contributed by atoms with Crippen LogP contribution in [0.15, 0.2) is 10.1 Å². The second kappa shape index (κ2) is 2.70. The van der Waals surface area contributed by atoms with Crippen LogP contribution in [0.1, 0.15) is 25.7 Å². The molecule has 0 atom stereocenters. The van der Waals surface area contributed by atoms with E-state index in [1.165, 1.54) is 0 Å². The van der Waals surface area contributed by atoms with Gasteiger partial charge in [-0.25, -0.2) is 0 Å². The van der Waals surface area contributed by atoms with Gasteiger partial charge in [0, 0.05) is 0 Å². The lowest BCUT2D eigenvalue weighted by atomic mass is 9.74. The minimum atomic E-state index is -0.407. The number of alkyl halides is 2. The van der Waals surface area contributed by atoms with Crippen LogP contribution in [0.3, 0.4) is 0 Å². The maximum absolute atomic E-state index is 6.27. The molecular formula is C8H8Cl4. The largest absolute Gasteiger partial charge is 0.113 e. The van der Waals surface area contributed by atoms with Gasteiger partial charge in [-0.3, -0.25) is 0 Å². The maximum Gasteiger partial charge on any atom is 0.0814 e. The van der Waals surface area contributed by atoms with Crippen LogP contribution >= 0.6 is 46.4 Å². The molecule has 0 N–H and O–H groups in total. The van der Waals surface area contributed by atoms with Gasteiger partial charge in [0.05, 0.1) is 19.8 Å². The summed E-state index contributed by atoms with van der Waals surface area (Å²) in [6.45, 7) is 0. The van der Waals surface area contributed by atoms with Gasteiger partial charge in [-0.2, -0.15) is 0 Å². The summed E-state index contributed by atoms with van der Waals surface area (Å²) >= 11 is 24.6. The van der Waals surface area contributed by atoms with Crippen LogP contribution in [0.4, 0.5) is 0 Å². The van der Waals surface area contributed by atoms with Crippen LogP contribution in [0.25, 0.3) is 0 Å². The van der Waals surface area contributed by atoms with E-state index in [1.807, 2.05) is 0 Å². The molecule has 3 aliphatic rings. The fourth-order valence-electron chi connectivity index (χ4n) is 1.87. The Balaban J connectivity index is 2.52. The van der Waals surface area contributed by atoms with Gasteiger partial charge in [-0.1, -0.05) is 23.2 Å². The predicted octanol–water partition coefficient (Wildman–Crippen LogP) is 4.22. The lowest BCUT2D eigenvalue weighted by Crippen LogP contribution is -2.43. The summed E-state index contributed by atoms with van der Waals surface area (Å²) in [6.07, 6.45) is 3.36. The lowest BCUT2D eigenvalue weighted by molar-refractivity contribution is 0.360. The van der Waals surface area contributed by atoms with Gasteiger partial charge >= 0.3 is 0 Å². The van der Waals surface area contributed by atoms with Crippen molar-refractivity contribution in [1.29, 1.82) is 0 Å². The number of allylic oxidation sites excluding steroid dienone is 2. The summed E-state index contributed by atoms with van der Waals surface area (Å²) in [4.78, 5) is -0.815. The molecule has 0 radical (unpaired) electrons. The van der Waals surface area contributed by atoms with E-state index in [1.54, 1.807) is 0 Å². The van der Waals surface area contributed by atoms with Gasteiger partial charge in [-0.15, -0.1) is 23.2 Å². The highest BCUT2D eigenvalue weighted by atomic mass is 35.5. The average molecular weight is 246 g/mol. The molecule has 3 aliphatic carbocycles. The summed E-state index contributed by atoms with van der Waals surface area (Å²) in [7, 11) is 0. The Bertz CT molecular complexity index is 222. The van der Waals surface area contributed by atoms with Crippen molar-refractivity contribution in [2.24, 2.45) is 0 Å². The molecule has 0 amide bonds. The number of hydrogen-bond donors (Lipinski definition) is 0. The third kappa shape index (κ3) is 1.12. The summed E-state index contributed by atoms with van der Waals surface area (Å²) in [6, 6.07) is 0. The highest BCUT2D eigenvalue weighted by Crippen LogP contribution is 2.58. The quantitative estimate of drug-likeness (QED) is 0.561. The first kappa shape index (κ1) is 9.45. The molecular weight excluding hydrogens is 238 g/mol. The highest BCUT2D eigenvalue weighted by molar-refractivity contribution is 6.49. The van der Waals surface area contributed by atoms with E-state index >= 15 is 0 Å². The Morgan fingerprint density at radius 2 is 1.00 bits per heavy atom. The Hall–Kier alpha value is 0.900. The standard InChI is InChI=1S/C8H8Cl4/c9-5-6(10)8(12)2-1-7(5,11)3-4-8/h1-4H2. The normalized spacial score (nSPS) is 47.0. The summed E-state index contributed by atoms with van der Waals surface area (Å²) in [5, 5.41) is 1.14. The molecule has 68 valence electrons. The zero-order valence-corrected chi connectivity index (χ0v) is 9.36. The smallest absolute Gasteiger partial charge is 0.0814 e. The molecule has 0 unspecified atom stereocenters. The molecule has 0 aliphatic heterocycles. The van der Waals surface area contributed by atoms with E-state index in [9.17, 15) is 0 Å². The van der Waals surface area contributed by atoms with Gasteiger partial charge in [0.25, 0.3) is 0 Å². The van der Waals surface area contributed by atoms with Crippen molar-refractivity contribution < 1.29 is 0 Å². The van der Waals surface area contributed by atoms with Crippen LogP contribution in [0.5, 0.6) is 0 Å². The maximum atomic E-state index is 6.27. The monoisotopic (exact) mass is 244 g/mol. The fourth-order valence-corrected chi connectivity index (χ4v) is 3.28. The van der Waals surface area contributed by atoms with Crippen molar-refractivity contribution in [3.63, 3.8) is 0 Å². The number of hydrogen-bond acceptors (Lipinski definition) is 0. The van der Waals surface area contributed by atoms with Gasteiger partial charge < -0.3 is 0 Å². The number of fused-ring (bicyclic) bond motifs is 2. The molecule has 0 aromatic heterocycles. The predicted molar refractivity (Wildman–Crippen MR) is 54.4 cm³/mol. The zero-order chi connectivity index (χ0) is 8.98. The van der Waals surface area contributed by atoms with Crippen LogP contribution in [-0.4, -0.2) is 9.75 Å². The molecule has 0 saturated heterocycles. The average Bonchev–Trinajstić information content (AvgIpc) is 2.06. The highest BCUT2D eigenvalue weighted by Gasteiger charge is 2.51. The van der Waals surface area contributed by atoms with Crippen LogP contribution < -0.4 is 0 Å². The van der Waals surface area contributed by atoms with E-state index in [0.717, 1.165) is 25.7 Å². The van der Waals surface area contributed by atoms with E-state index in [2.05, 4.69) is 0 Å². The van der Waals surface area contributed by atoms with Crippen LogP contribution in [0, 0.1) is 0 Å². The molecule has 0 nitrogen and oxygen atoms in total. The van der Waals surface area contributed by atoms with Crippen LogP contribution in [0.2, 0.25) is 0 Å².